The number of aromatic nitrogens is 3. The summed E-state index contributed by atoms with van der Waals surface area (Å²) in [5.74, 6) is 0. The van der Waals surface area contributed by atoms with Crippen LogP contribution in [0.5, 0.6) is 0 Å². The molecular weight excluding hydrogens is 230 g/mol. The molecule has 2 aromatic rings. The van der Waals surface area contributed by atoms with Gasteiger partial charge in [-0.3, -0.25) is 9.67 Å². The van der Waals surface area contributed by atoms with Crippen molar-refractivity contribution < 1.29 is 0 Å². The van der Waals surface area contributed by atoms with E-state index in [0.29, 0.717) is 6.54 Å². The van der Waals surface area contributed by atoms with Gasteiger partial charge in [-0.15, -0.1) is 0 Å². The molecule has 3 nitrogen and oxygen atoms in total. The molecule has 2 rings (SSSR count). The highest BCUT2D eigenvalue weighted by molar-refractivity contribution is 9.10. The summed E-state index contributed by atoms with van der Waals surface area (Å²) in [5.41, 5.74) is 0.992. The molecule has 0 N–H and O–H groups in total. The number of halogens is 1. The van der Waals surface area contributed by atoms with Crippen LogP contribution in [0.15, 0.2) is 41.3 Å². The van der Waals surface area contributed by atoms with Gasteiger partial charge in [0.25, 0.3) is 0 Å². The summed E-state index contributed by atoms with van der Waals surface area (Å²) in [5, 5.41) is 4.11. The van der Waals surface area contributed by atoms with Gasteiger partial charge in [-0.05, 0) is 34.1 Å². The molecule has 0 radical (unpaired) electrons. The van der Waals surface area contributed by atoms with Crippen molar-refractivity contribution in [2.24, 2.45) is 0 Å². The summed E-state index contributed by atoms with van der Waals surface area (Å²) in [6.45, 7) is 0.703. The first-order valence-electron chi connectivity index (χ1n) is 3.93. The molecule has 0 unspecified atom stereocenters. The Kier molecular flexibility index (Phi) is 2.40. The van der Waals surface area contributed by atoms with E-state index >= 15 is 0 Å². The molecule has 2 aromatic heterocycles. The van der Waals surface area contributed by atoms with Crippen LogP contribution in [0, 0.1) is 0 Å². The topological polar surface area (TPSA) is 30.7 Å². The number of hydrogen-bond donors (Lipinski definition) is 0. The minimum atomic E-state index is 0.703. The van der Waals surface area contributed by atoms with E-state index in [1.165, 1.54) is 0 Å². The van der Waals surface area contributed by atoms with Crippen LogP contribution in [-0.4, -0.2) is 14.8 Å². The van der Waals surface area contributed by atoms with Crippen molar-refractivity contribution >= 4 is 15.9 Å². The summed E-state index contributed by atoms with van der Waals surface area (Å²) in [7, 11) is 0. The lowest BCUT2D eigenvalue weighted by Crippen LogP contribution is -2.02. The van der Waals surface area contributed by atoms with E-state index < -0.39 is 0 Å². The van der Waals surface area contributed by atoms with Crippen LogP contribution in [0.4, 0.5) is 0 Å². The zero-order chi connectivity index (χ0) is 9.10. The Morgan fingerprint density at radius 3 is 2.92 bits per heavy atom. The first-order valence-corrected chi connectivity index (χ1v) is 4.72. The summed E-state index contributed by atoms with van der Waals surface area (Å²) in [6.07, 6.45) is 5.46. The summed E-state index contributed by atoms with van der Waals surface area (Å²) < 4.78 is 2.86. The van der Waals surface area contributed by atoms with Gasteiger partial charge in [-0.25, -0.2) is 0 Å². The van der Waals surface area contributed by atoms with Gasteiger partial charge < -0.3 is 0 Å². The molecule has 0 saturated heterocycles. The average Bonchev–Trinajstić information content (AvgIpc) is 2.61. The standard InChI is InChI=1S/C9H8BrN3/c10-8-3-1-4-11-9(8)7-13-6-2-5-12-13/h1-6H,7H2. The van der Waals surface area contributed by atoms with E-state index in [4.69, 9.17) is 0 Å². The fraction of sp³-hybridized carbons (Fsp3) is 0.111. The second-order valence-electron chi connectivity index (χ2n) is 2.64. The van der Waals surface area contributed by atoms with E-state index in [1.54, 1.807) is 12.4 Å². The summed E-state index contributed by atoms with van der Waals surface area (Å²) in [4.78, 5) is 4.25. The minimum Gasteiger partial charge on any atom is -0.267 e. The third-order valence-corrected chi connectivity index (χ3v) is 2.43. The molecule has 0 aliphatic heterocycles. The van der Waals surface area contributed by atoms with Gasteiger partial charge in [0.15, 0.2) is 0 Å². The molecule has 2 heterocycles. The molecule has 66 valence electrons. The van der Waals surface area contributed by atoms with Crippen LogP contribution < -0.4 is 0 Å². The first-order chi connectivity index (χ1) is 6.36. The molecule has 0 saturated carbocycles. The Hall–Kier alpha value is -1.16. The van der Waals surface area contributed by atoms with Gasteiger partial charge in [-0.2, -0.15) is 5.10 Å². The highest BCUT2D eigenvalue weighted by Gasteiger charge is 2.00. The minimum absolute atomic E-state index is 0.703. The molecule has 0 amide bonds. The van der Waals surface area contributed by atoms with Gasteiger partial charge in [0.2, 0.25) is 0 Å². The Morgan fingerprint density at radius 1 is 1.31 bits per heavy atom. The van der Waals surface area contributed by atoms with Crippen molar-refractivity contribution in [2.45, 2.75) is 6.54 Å². The number of pyridine rings is 1. The lowest BCUT2D eigenvalue weighted by Gasteiger charge is -2.02. The molecule has 0 bridgehead atoms. The average molecular weight is 238 g/mol. The van der Waals surface area contributed by atoms with Crippen LogP contribution >= 0.6 is 15.9 Å². The van der Waals surface area contributed by atoms with E-state index in [-0.39, 0.29) is 0 Å². The maximum atomic E-state index is 4.25. The fourth-order valence-electron chi connectivity index (χ4n) is 1.08. The molecule has 13 heavy (non-hydrogen) atoms. The highest BCUT2D eigenvalue weighted by Crippen LogP contribution is 2.13. The zero-order valence-corrected chi connectivity index (χ0v) is 8.48. The lowest BCUT2D eigenvalue weighted by molar-refractivity contribution is 0.670. The van der Waals surface area contributed by atoms with Crippen molar-refractivity contribution in [1.29, 1.82) is 0 Å². The molecule has 4 heteroatoms. The van der Waals surface area contributed by atoms with Gasteiger partial charge in [-0.1, -0.05) is 0 Å². The predicted octanol–water partition coefficient (Wildman–Crippen LogP) is 2.09. The Bertz CT molecular complexity index is 384. The Balaban J connectivity index is 2.24. The molecule has 0 aromatic carbocycles. The second-order valence-corrected chi connectivity index (χ2v) is 3.49. The van der Waals surface area contributed by atoms with Crippen LogP contribution in [0.1, 0.15) is 5.69 Å². The van der Waals surface area contributed by atoms with Crippen LogP contribution in [0.25, 0.3) is 0 Å². The van der Waals surface area contributed by atoms with Crippen molar-refractivity contribution in [3.63, 3.8) is 0 Å². The Labute approximate surface area is 84.5 Å². The largest absolute Gasteiger partial charge is 0.267 e. The van der Waals surface area contributed by atoms with Crippen LogP contribution in [0.3, 0.4) is 0 Å². The molecule has 0 fully saturated rings. The lowest BCUT2D eigenvalue weighted by atomic mass is 10.3. The normalized spacial score (nSPS) is 10.2. The van der Waals surface area contributed by atoms with Crippen LogP contribution in [-0.2, 0) is 6.54 Å². The zero-order valence-electron chi connectivity index (χ0n) is 6.89. The number of nitrogens with zero attached hydrogens (tertiary/aromatic N) is 3. The van der Waals surface area contributed by atoms with Crippen molar-refractivity contribution in [1.82, 2.24) is 14.8 Å². The van der Waals surface area contributed by atoms with E-state index in [2.05, 4.69) is 26.0 Å². The summed E-state index contributed by atoms with van der Waals surface area (Å²) in [6, 6.07) is 5.78. The van der Waals surface area contributed by atoms with Crippen molar-refractivity contribution in [3.8, 4) is 0 Å². The molecule has 0 spiro atoms. The SMILES string of the molecule is Brc1cccnc1Cn1cccn1. The van der Waals surface area contributed by atoms with E-state index in [0.717, 1.165) is 10.2 Å². The molecule has 0 aliphatic carbocycles. The second kappa shape index (κ2) is 3.70. The highest BCUT2D eigenvalue weighted by atomic mass is 79.9. The maximum absolute atomic E-state index is 4.25. The maximum Gasteiger partial charge on any atom is 0.0842 e. The van der Waals surface area contributed by atoms with Crippen molar-refractivity contribution in [3.05, 3.63) is 47.0 Å². The smallest absolute Gasteiger partial charge is 0.0842 e. The summed E-state index contributed by atoms with van der Waals surface area (Å²) >= 11 is 3.44. The third-order valence-electron chi connectivity index (χ3n) is 1.71. The Morgan fingerprint density at radius 2 is 2.23 bits per heavy atom. The predicted molar refractivity (Wildman–Crippen MR) is 53.3 cm³/mol. The van der Waals surface area contributed by atoms with E-state index in [1.807, 2.05) is 29.1 Å². The third kappa shape index (κ3) is 1.95. The molecule has 0 aliphatic rings. The quantitative estimate of drug-likeness (QED) is 0.801. The van der Waals surface area contributed by atoms with E-state index in [9.17, 15) is 0 Å². The fourth-order valence-corrected chi connectivity index (χ4v) is 1.46. The first kappa shape index (κ1) is 8.44. The monoisotopic (exact) mass is 237 g/mol. The van der Waals surface area contributed by atoms with Gasteiger partial charge in [0.05, 0.1) is 12.2 Å². The number of hydrogen-bond acceptors (Lipinski definition) is 2. The van der Waals surface area contributed by atoms with Crippen molar-refractivity contribution in [2.75, 3.05) is 0 Å². The molecule has 0 atom stereocenters. The van der Waals surface area contributed by atoms with Gasteiger partial charge in [0.1, 0.15) is 0 Å². The molecular formula is C9H8BrN3. The number of rotatable bonds is 2. The van der Waals surface area contributed by atoms with Crippen LogP contribution in [0.2, 0.25) is 0 Å². The van der Waals surface area contributed by atoms with Gasteiger partial charge in [0, 0.05) is 23.1 Å². The van der Waals surface area contributed by atoms with Gasteiger partial charge >= 0.3 is 0 Å².